The van der Waals surface area contributed by atoms with Crippen LogP contribution in [0.5, 0.6) is 0 Å². The van der Waals surface area contributed by atoms with E-state index in [2.05, 4.69) is 9.97 Å². The molecule has 0 aromatic carbocycles. The van der Waals surface area contributed by atoms with E-state index in [1.165, 1.54) is 0 Å². The highest BCUT2D eigenvalue weighted by Crippen LogP contribution is 2.20. The molecule has 1 aliphatic heterocycles. The van der Waals surface area contributed by atoms with Crippen LogP contribution in [0, 0.1) is 6.92 Å². The van der Waals surface area contributed by atoms with Crippen molar-refractivity contribution in [2.75, 3.05) is 18.0 Å². The Morgan fingerprint density at radius 2 is 2.23 bits per heavy atom. The van der Waals surface area contributed by atoms with E-state index in [0.29, 0.717) is 13.1 Å². The first-order valence-corrected chi connectivity index (χ1v) is 4.47. The molecule has 13 heavy (non-hydrogen) atoms. The number of aliphatic hydroxyl groups excluding tert-OH is 1. The zero-order valence-electron chi connectivity index (χ0n) is 7.24. The fourth-order valence-electron chi connectivity index (χ4n) is 1.32. The van der Waals surface area contributed by atoms with Crippen LogP contribution in [-0.4, -0.2) is 34.3 Å². The molecule has 1 aromatic rings. The second-order valence-electron chi connectivity index (χ2n) is 3.20. The molecule has 70 valence electrons. The van der Waals surface area contributed by atoms with Crippen LogP contribution in [0.2, 0.25) is 5.28 Å². The number of nitrogens with zero attached hydrogens (tertiary/aromatic N) is 3. The highest BCUT2D eigenvalue weighted by atomic mass is 35.5. The maximum Gasteiger partial charge on any atom is 0.224 e. The Morgan fingerprint density at radius 3 is 2.77 bits per heavy atom. The van der Waals surface area contributed by atoms with Crippen LogP contribution in [0.1, 0.15) is 5.69 Å². The van der Waals surface area contributed by atoms with Gasteiger partial charge in [0.15, 0.2) is 0 Å². The van der Waals surface area contributed by atoms with Gasteiger partial charge >= 0.3 is 0 Å². The summed E-state index contributed by atoms with van der Waals surface area (Å²) in [5, 5.41) is 9.36. The molecule has 2 heterocycles. The minimum Gasteiger partial charge on any atom is -0.389 e. The number of β-amino-alcohol motifs (C(OH)–C–C–N with tert-alkyl or cyclic N) is 1. The Kier molecular flexibility index (Phi) is 2.09. The van der Waals surface area contributed by atoms with Crippen molar-refractivity contribution in [1.29, 1.82) is 0 Å². The van der Waals surface area contributed by atoms with Crippen molar-refractivity contribution in [1.82, 2.24) is 9.97 Å². The van der Waals surface area contributed by atoms with Gasteiger partial charge < -0.3 is 10.0 Å². The predicted molar refractivity (Wildman–Crippen MR) is 50.0 cm³/mol. The van der Waals surface area contributed by atoms with Crippen LogP contribution >= 0.6 is 11.6 Å². The molecule has 1 aromatic heterocycles. The Hall–Kier alpha value is -0.870. The minimum absolute atomic E-state index is 0.228. The average molecular weight is 200 g/mol. The third-order valence-electron chi connectivity index (χ3n) is 2.00. The lowest BCUT2D eigenvalue weighted by molar-refractivity contribution is 0.141. The van der Waals surface area contributed by atoms with E-state index in [-0.39, 0.29) is 11.4 Å². The van der Waals surface area contributed by atoms with Crippen molar-refractivity contribution in [2.24, 2.45) is 0 Å². The lowest BCUT2D eigenvalue weighted by Crippen LogP contribution is -2.51. The number of rotatable bonds is 1. The van der Waals surface area contributed by atoms with E-state index in [1.807, 2.05) is 17.9 Å². The van der Waals surface area contributed by atoms with Crippen LogP contribution in [0.25, 0.3) is 0 Å². The van der Waals surface area contributed by atoms with Gasteiger partial charge in [-0.05, 0) is 18.5 Å². The Balaban J connectivity index is 2.21. The predicted octanol–water partition coefficient (Wildman–Crippen LogP) is 0.619. The number of hydrogen-bond acceptors (Lipinski definition) is 4. The second-order valence-corrected chi connectivity index (χ2v) is 3.53. The topological polar surface area (TPSA) is 49.2 Å². The lowest BCUT2D eigenvalue weighted by atomic mass is 10.2. The third-order valence-corrected chi connectivity index (χ3v) is 2.17. The first-order chi connectivity index (χ1) is 6.15. The van der Waals surface area contributed by atoms with Crippen molar-refractivity contribution < 1.29 is 5.11 Å². The summed E-state index contributed by atoms with van der Waals surface area (Å²) in [6.07, 6.45) is -0.228. The van der Waals surface area contributed by atoms with Gasteiger partial charge in [0.1, 0.15) is 5.82 Å². The quantitative estimate of drug-likeness (QED) is 0.674. The molecule has 1 fully saturated rings. The van der Waals surface area contributed by atoms with Crippen LogP contribution in [-0.2, 0) is 0 Å². The van der Waals surface area contributed by atoms with Crippen LogP contribution < -0.4 is 4.90 Å². The smallest absolute Gasteiger partial charge is 0.224 e. The highest BCUT2D eigenvalue weighted by molar-refractivity contribution is 6.28. The Labute approximate surface area is 81.2 Å². The average Bonchev–Trinajstić information content (AvgIpc) is 1.96. The maximum atomic E-state index is 9.10. The molecule has 0 saturated carbocycles. The molecule has 0 bridgehead atoms. The molecule has 0 spiro atoms. The van der Waals surface area contributed by atoms with E-state index < -0.39 is 0 Å². The first-order valence-electron chi connectivity index (χ1n) is 4.09. The van der Waals surface area contributed by atoms with Crippen LogP contribution in [0.3, 0.4) is 0 Å². The molecule has 0 unspecified atom stereocenters. The monoisotopic (exact) mass is 199 g/mol. The summed E-state index contributed by atoms with van der Waals surface area (Å²) >= 11 is 5.70. The van der Waals surface area contributed by atoms with Gasteiger partial charge in [-0.3, -0.25) is 0 Å². The zero-order valence-corrected chi connectivity index (χ0v) is 7.99. The molecule has 4 nitrogen and oxygen atoms in total. The van der Waals surface area contributed by atoms with Gasteiger partial charge in [-0.15, -0.1) is 0 Å². The van der Waals surface area contributed by atoms with Gasteiger partial charge in [0.05, 0.1) is 6.10 Å². The number of anilines is 1. The molecule has 0 atom stereocenters. The number of aliphatic hydroxyl groups is 1. The molecule has 0 amide bonds. The fraction of sp³-hybridized carbons (Fsp3) is 0.500. The Morgan fingerprint density at radius 1 is 1.54 bits per heavy atom. The molecule has 0 radical (unpaired) electrons. The molecule has 0 aliphatic carbocycles. The zero-order chi connectivity index (χ0) is 9.42. The van der Waals surface area contributed by atoms with Gasteiger partial charge in [-0.1, -0.05) is 0 Å². The number of hydrogen-bond donors (Lipinski definition) is 1. The van der Waals surface area contributed by atoms with Crippen molar-refractivity contribution in [3.05, 3.63) is 17.0 Å². The maximum absolute atomic E-state index is 9.10. The van der Waals surface area contributed by atoms with E-state index in [9.17, 15) is 0 Å². The summed E-state index contributed by atoms with van der Waals surface area (Å²) in [4.78, 5) is 9.98. The molecule has 2 rings (SSSR count). The van der Waals surface area contributed by atoms with Crippen molar-refractivity contribution in [3.8, 4) is 0 Å². The third kappa shape index (κ3) is 1.73. The minimum atomic E-state index is -0.228. The number of halogens is 1. The first kappa shape index (κ1) is 8.72. The summed E-state index contributed by atoms with van der Waals surface area (Å²) < 4.78 is 0. The van der Waals surface area contributed by atoms with E-state index in [4.69, 9.17) is 16.7 Å². The van der Waals surface area contributed by atoms with Gasteiger partial charge in [-0.2, -0.15) is 0 Å². The van der Waals surface area contributed by atoms with E-state index >= 15 is 0 Å². The van der Waals surface area contributed by atoms with Crippen molar-refractivity contribution in [2.45, 2.75) is 13.0 Å². The molecular weight excluding hydrogens is 190 g/mol. The largest absolute Gasteiger partial charge is 0.389 e. The number of aromatic nitrogens is 2. The van der Waals surface area contributed by atoms with Crippen LogP contribution in [0.4, 0.5) is 5.82 Å². The van der Waals surface area contributed by atoms with Gasteiger partial charge in [-0.25, -0.2) is 9.97 Å². The second kappa shape index (κ2) is 3.12. The molecular formula is C8H10ClN3O. The van der Waals surface area contributed by atoms with Gasteiger partial charge in [0, 0.05) is 24.8 Å². The fourth-order valence-corrected chi connectivity index (χ4v) is 1.54. The summed E-state index contributed by atoms with van der Waals surface area (Å²) in [5.41, 5.74) is 0.844. The van der Waals surface area contributed by atoms with Crippen molar-refractivity contribution in [3.63, 3.8) is 0 Å². The molecule has 1 aliphatic rings. The van der Waals surface area contributed by atoms with Gasteiger partial charge in [0.2, 0.25) is 5.28 Å². The summed E-state index contributed by atoms with van der Waals surface area (Å²) in [7, 11) is 0. The highest BCUT2D eigenvalue weighted by Gasteiger charge is 2.25. The molecule has 1 saturated heterocycles. The normalized spacial score (nSPS) is 17.3. The SMILES string of the molecule is Cc1cc(N2CC(O)C2)nc(Cl)n1. The van der Waals surface area contributed by atoms with Crippen molar-refractivity contribution >= 4 is 17.4 Å². The summed E-state index contributed by atoms with van der Waals surface area (Å²) in [6.45, 7) is 3.13. The molecule has 1 N–H and O–H groups in total. The Bertz CT molecular complexity index is 305. The standard InChI is InChI=1S/C8H10ClN3O/c1-5-2-7(11-8(9)10-5)12-3-6(13)4-12/h2,6,13H,3-4H2,1H3. The van der Waals surface area contributed by atoms with E-state index in [0.717, 1.165) is 11.5 Å². The summed E-state index contributed by atoms with van der Waals surface area (Å²) in [6, 6.07) is 1.86. The van der Waals surface area contributed by atoms with Gasteiger partial charge in [0.25, 0.3) is 0 Å². The van der Waals surface area contributed by atoms with E-state index in [1.54, 1.807) is 0 Å². The lowest BCUT2D eigenvalue weighted by Gasteiger charge is -2.36. The van der Waals surface area contributed by atoms with Crippen LogP contribution in [0.15, 0.2) is 6.07 Å². The summed E-state index contributed by atoms with van der Waals surface area (Å²) in [5.74, 6) is 0.794. The number of aryl methyl sites for hydroxylation is 1. The molecule has 5 heteroatoms.